The van der Waals surface area contributed by atoms with Crippen molar-refractivity contribution in [3.63, 3.8) is 0 Å². The van der Waals surface area contributed by atoms with Gasteiger partial charge in [0.25, 0.3) is 0 Å². The quantitative estimate of drug-likeness (QED) is 0.0358. The molecule has 1 aliphatic rings. The van der Waals surface area contributed by atoms with Crippen molar-refractivity contribution in [1.29, 1.82) is 0 Å². The molecule has 0 saturated heterocycles. The zero-order chi connectivity index (χ0) is 58.8. The van der Waals surface area contributed by atoms with Crippen LogP contribution in [0.5, 0.6) is 0 Å². The van der Waals surface area contributed by atoms with Crippen LogP contribution in [0.3, 0.4) is 0 Å². The number of unbranched alkanes of at least 4 members (excludes halogenated alkanes) is 33. The van der Waals surface area contributed by atoms with Gasteiger partial charge in [-0.15, -0.1) is 0 Å². The van der Waals surface area contributed by atoms with E-state index in [1.54, 1.807) is 15.8 Å². The molecular weight excluding hydrogens is 1020 g/mol. The zero-order valence-corrected chi connectivity index (χ0v) is 57.3. The Hall–Kier alpha value is -1.99. The molecule has 0 saturated carbocycles. The summed E-state index contributed by atoms with van der Waals surface area (Å²) in [6, 6.07) is 9.95. The Bertz CT molecular complexity index is 1810. The molecule has 2 aromatic carbocycles. The van der Waals surface area contributed by atoms with Crippen molar-refractivity contribution in [3.05, 3.63) is 85.5 Å². The van der Waals surface area contributed by atoms with Crippen LogP contribution in [0, 0.1) is 0 Å². The molecule has 1 heterocycles. The molecule has 0 N–H and O–H groups in total. The third-order valence-corrected chi connectivity index (χ3v) is 19.2. The number of hydrogen-bond donors (Lipinski definition) is 0. The van der Waals surface area contributed by atoms with Crippen LogP contribution in [-0.2, 0) is 53.0 Å². The van der Waals surface area contributed by atoms with Gasteiger partial charge in [-0.05, 0) is 154 Å². The molecule has 0 fully saturated rings. The molecule has 0 bridgehead atoms. The molecule has 3 rings (SSSR count). The fraction of sp³-hybridized carbons (Fsp3) is 0.795. The minimum absolute atomic E-state index is 0.932. The topological polar surface area (TPSA) is 25.3 Å². The van der Waals surface area contributed by atoms with Gasteiger partial charge in [0, 0.05) is 22.3 Å². The van der Waals surface area contributed by atoms with Crippen LogP contribution < -0.4 is 0 Å². The van der Waals surface area contributed by atoms with E-state index in [0.717, 1.165) is 62.8 Å². The van der Waals surface area contributed by atoms with Gasteiger partial charge < -0.3 is 5.53 Å². The summed E-state index contributed by atoms with van der Waals surface area (Å²) in [5, 5.41) is 2.87. The smallest absolute Gasteiger partial charge is 0.0654 e. The first-order chi connectivity index (χ1) is 39.8. The molecule has 0 aliphatic carbocycles. The first kappa shape index (κ1) is 75.1. The van der Waals surface area contributed by atoms with E-state index in [1.807, 2.05) is 14.4 Å². The average Bonchev–Trinajstić information content (AvgIpc) is 3.80. The predicted molar refractivity (Wildman–Crippen MR) is 362 cm³/mol. The molecule has 0 amide bonds. The number of benzene rings is 2. The van der Waals surface area contributed by atoms with Gasteiger partial charge >= 0.3 is 166 Å². The summed E-state index contributed by atoms with van der Waals surface area (Å²) in [6.07, 6.45) is 67.0. The van der Waals surface area contributed by atoms with Gasteiger partial charge in [-0.2, -0.15) is 0 Å². The van der Waals surface area contributed by atoms with Crippen LogP contribution in [0.15, 0.2) is 35.4 Å². The fourth-order valence-electron chi connectivity index (χ4n) is 12.6. The van der Waals surface area contributed by atoms with E-state index < -0.39 is 0 Å². The molecule has 470 valence electrons. The summed E-state index contributed by atoms with van der Waals surface area (Å²) in [4.78, 5) is 0. The molecular formula is C78H138N2Ni. The third-order valence-electron chi connectivity index (χ3n) is 17.8. The zero-order valence-electron chi connectivity index (χ0n) is 56.3. The molecule has 0 radical (unpaired) electrons. The molecule has 0 aromatic heterocycles. The van der Waals surface area contributed by atoms with Crippen LogP contribution in [0.25, 0.3) is 16.9 Å². The first-order valence-electron chi connectivity index (χ1n) is 36.6. The summed E-state index contributed by atoms with van der Waals surface area (Å²) in [6.45, 7) is 23.1. The van der Waals surface area contributed by atoms with Crippen molar-refractivity contribution >= 4 is 11.4 Å². The predicted octanol–water partition coefficient (Wildman–Crippen LogP) is 27.4. The Balaban J connectivity index is 0.000000596. The number of allylic oxidation sites excluding steroid dienone is 2. The van der Waals surface area contributed by atoms with Gasteiger partial charge in [-0.1, -0.05) is 153 Å². The van der Waals surface area contributed by atoms with Gasteiger partial charge in [-0.25, -0.2) is 4.70 Å². The monoisotopic (exact) mass is 1160 g/mol. The standard InChI is InChI=1S/C46H72N2.2C16H33.Ni/c1-9-17-24-35-31-39(32-36(25-18-10-2)42(35)28-21-13-5)45-41(16-8)44(30-23-15-7)46(48(45)47)40-33-37(26-19-11-3)43(29-22-14-6)38(34-40)27-20-12-4;2*1-3-5-7-9-11-13-15-16-14-12-10-8-6-4-2;/h31-34H,9-30H2,1-8H3;2*1,3-16H2,2H3;. The normalized spacial score (nSPS) is 12.7. The second-order valence-electron chi connectivity index (χ2n) is 25.3. The van der Waals surface area contributed by atoms with E-state index in [2.05, 4.69) is 93.5 Å². The van der Waals surface area contributed by atoms with Gasteiger partial charge in [0.2, 0.25) is 11.4 Å². The van der Waals surface area contributed by atoms with E-state index in [4.69, 9.17) is 0 Å². The van der Waals surface area contributed by atoms with Crippen LogP contribution in [-0.4, -0.2) is 4.70 Å². The summed E-state index contributed by atoms with van der Waals surface area (Å²) in [5.41, 5.74) is 29.2. The number of aryl methyl sites for hydroxylation is 4. The van der Waals surface area contributed by atoms with E-state index in [-0.39, 0.29) is 0 Å². The van der Waals surface area contributed by atoms with Crippen molar-refractivity contribution in [2.75, 3.05) is 0 Å². The van der Waals surface area contributed by atoms with Gasteiger partial charge in [0.15, 0.2) is 0 Å². The maximum absolute atomic E-state index is 12.5. The van der Waals surface area contributed by atoms with Crippen molar-refractivity contribution < 1.29 is 19.1 Å². The summed E-state index contributed by atoms with van der Waals surface area (Å²) in [7, 11) is 0. The number of rotatable bonds is 54. The summed E-state index contributed by atoms with van der Waals surface area (Å²) >= 11 is 2.04. The second-order valence-corrected chi connectivity index (χ2v) is 26.7. The van der Waals surface area contributed by atoms with E-state index in [0.29, 0.717) is 0 Å². The Kier molecular flexibility index (Phi) is 48.5. The molecule has 1 aliphatic heterocycles. The van der Waals surface area contributed by atoms with Crippen molar-refractivity contribution in [3.8, 4) is 0 Å². The van der Waals surface area contributed by atoms with Crippen molar-refractivity contribution in [1.82, 2.24) is 0 Å². The Morgan fingerprint density at radius 3 is 0.778 bits per heavy atom. The molecule has 81 heavy (non-hydrogen) atoms. The van der Waals surface area contributed by atoms with Crippen LogP contribution in [0.1, 0.15) is 396 Å². The van der Waals surface area contributed by atoms with Gasteiger partial charge in [-0.3, -0.25) is 0 Å². The molecule has 2 nitrogen and oxygen atoms in total. The Morgan fingerprint density at radius 1 is 0.272 bits per heavy atom. The molecule has 0 atom stereocenters. The Morgan fingerprint density at radius 2 is 0.506 bits per heavy atom. The average molecular weight is 1160 g/mol. The fourth-order valence-corrected chi connectivity index (χ4v) is 13.8. The van der Waals surface area contributed by atoms with Crippen LogP contribution in [0.4, 0.5) is 0 Å². The SMILES string of the molecule is CCCCC1=C(c2cc(CCCC)c(CCCC)c(CCCC)c2)[N+](=[N-])C(c2cc(CCCC)c(CCCC)c(CCCC)c2)=C1CC.CCCCCCCCCCCCCCC[CH2][Ni][CH2]CCCCCCCCCCCCCCC. The van der Waals surface area contributed by atoms with E-state index in [1.165, 1.54) is 325 Å². The summed E-state index contributed by atoms with van der Waals surface area (Å²) < 4.78 is 1.66. The number of hydrogen-bond acceptors (Lipinski definition) is 0. The van der Waals surface area contributed by atoms with Crippen LogP contribution in [0.2, 0.25) is 10.8 Å². The molecule has 2 aromatic rings. The second kappa shape index (κ2) is 52.4. The van der Waals surface area contributed by atoms with Gasteiger partial charge in [0.05, 0.1) is 0 Å². The molecule has 3 heteroatoms. The van der Waals surface area contributed by atoms with Crippen LogP contribution >= 0.6 is 0 Å². The Labute approximate surface area is 514 Å². The molecule has 0 spiro atoms. The molecule has 0 unspecified atom stereocenters. The first-order valence-corrected chi connectivity index (χ1v) is 38.0. The maximum atomic E-state index is 12.5. The number of nitrogens with zero attached hydrogens (tertiary/aromatic N) is 2. The van der Waals surface area contributed by atoms with Crippen molar-refractivity contribution in [2.45, 2.75) is 401 Å². The summed E-state index contributed by atoms with van der Waals surface area (Å²) in [5.74, 6) is 0. The van der Waals surface area contributed by atoms with Gasteiger partial charge in [0.1, 0.15) is 0 Å². The minimum Gasteiger partial charge on any atom is -0.0654 e. The third kappa shape index (κ3) is 32.4. The van der Waals surface area contributed by atoms with E-state index in [9.17, 15) is 5.53 Å². The van der Waals surface area contributed by atoms with Crippen molar-refractivity contribution in [2.24, 2.45) is 0 Å². The minimum atomic E-state index is 0.932. The van der Waals surface area contributed by atoms with E-state index >= 15 is 0 Å².